The number of ether oxygens (including phenoxy) is 1. The van der Waals surface area contributed by atoms with Gasteiger partial charge in [-0.05, 0) is 31.4 Å². The van der Waals surface area contributed by atoms with Crippen molar-refractivity contribution in [2.45, 2.75) is 51.5 Å². The Labute approximate surface area is 128 Å². The Morgan fingerprint density at radius 2 is 1.95 bits per heavy atom. The molecule has 0 heterocycles. The van der Waals surface area contributed by atoms with Crippen LogP contribution < -0.4 is 5.32 Å². The van der Waals surface area contributed by atoms with E-state index in [0.717, 1.165) is 24.4 Å². The van der Waals surface area contributed by atoms with Gasteiger partial charge in [0.2, 0.25) is 0 Å². The topological polar surface area (TPSA) is 38.3 Å². The van der Waals surface area contributed by atoms with Gasteiger partial charge in [0.25, 0.3) is 0 Å². The van der Waals surface area contributed by atoms with Crippen molar-refractivity contribution in [2.24, 2.45) is 5.92 Å². The van der Waals surface area contributed by atoms with Gasteiger partial charge in [0.15, 0.2) is 0 Å². The summed E-state index contributed by atoms with van der Waals surface area (Å²) >= 11 is 0. The van der Waals surface area contributed by atoms with Crippen molar-refractivity contribution in [1.29, 1.82) is 0 Å². The molecule has 1 atom stereocenters. The molecule has 1 saturated carbocycles. The molecule has 21 heavy (non-hydrogen) atoms. The summed E-state index contributed by atoms with van der Waals surface area (Å²) in [6.45, 7) is 3.15. The number of benzene rings is 1. The zero-order valence-electron chi connectivity index (χ0n) is 13.0. The molecule has 0 radical (unpaired) electrons. The van der Waals surface area contributed by atoms with E-state index in [1.807, 2.05) is 37.3 Å². The predicted molar refractivity (Wildman–Crippen MR) is 85.0 cm³/mol. The standard InChI is InChI=1S/C18H27NO2/c1-2-21-18(20)17(16-11-7-4-8-12-16)19-14-13-15-9-5-3-6-10-15/h4,7-8,11-12,15,17,19H,2-3,5-6,9-10,13-14H2,1H3. The number of rotatable bonds is 7. The van der Waals surface area contributed by atoms with Crippen molar-refractivity contribution in [3.8, 4) is 0 Å². The van der Waals surface area contributed by atoms with Crippen LogP contribution in [0.4, 0.5) is 0 Å². The third-order valence-corrected chi connectivity index (χ3v) is 4.28. The first-order chi connectivity index (χ1) is 10.3. The van der Waals surface area contributed by atoms with Crippen LogP contribution >= 0.6 is 0 Å². The lowest BCUT2D eigenvalue weighted by Crippen LogP contribution is -2.32. The minimum absolute atomic E-state index is 0.174. The number of hydrogen-bond acceptors (Lipinski definition) is 3. The zero-order valence-corrected chi connectivity index (χ0v) is 13.0. The normalized spacial score (nSPS) is 17.4. The van der Waals surface area contributed by atoms with Crippen molar-refractivity contribution in [3.05, 3.63) is 35.9 Å². The molecule has 0 aliphatic heterocycles. The Bertz CT molecular complexity index is 412. The molecule has 0 saturated heterocycles. The van der Waals surface area contributed by atoms with Crippen LogP contribution in [0.15, 0.2) is 30.3 Å². The van der Waals surface area contributed by atoms with Crippen molar-refractivity contribution in [3.63, 3.8) is 0 Å². The van der Waals surface area contributed by atoms with E-state index in [1.54, 1.807) is 0 Å². The Kier molecular flexibility index (Phi) is 6.74. The smallest absolute Gasteiger partial charge is 0.327 e. The van der Waals surface area contributed by atoms with Crippen LogP contribution in [0.3, 0.4) is 0 Å². The Balaban J connectivity index is 1.88. The molecule has 1 aromatic carbocycles. The average Bonchev–Trinajstić information content (AvgIpc) is 2.53. The SMILES string of the molecule is CCOC(=O)C(NCCC1CCCCC1)c1ccccc1. The van der Waals surface area contributed by atoms with E-state index in [9.17, 15) is 4.79 Å². The maximum Gasteiger partial charge on any atom is 0.327 e. The first-order valence-corrected chi connectivity index (χ1v) is 8.26. The third-order valence-electron chi connectivity index (χ3n) is 4.28. The Morgan fingerprint density at radius 3 is 2.62 bits per heavy atom. The van der Waals surface area contributed by atoms with Gasteiger partial charge in [-0.25, -0.2) is 4.79 Å². The van der Waals surface area contributed by atoms with E-state index in [0.29, 0.717) is 6.61 Å². The van der Waals surface area contributed by atoms with Crippen LogP contribution in [0.2, 0.25) is 0 Å². The van der Waals surface area contributed by atoms with Crippen LogP contribution in [0.25, 0.3) is 0 Å². The largest absolute Gasteiger partial charge is 0.465 e. The van der Waals surface area contributed by atoms with E-state index >= 15 is 0 Å². The van der Waals surface area contributed by atoms with Gasteiger partial charge in [-0.15, -0.1) is 0 Å². The molecule has 2 rings (SSSR count). The van der Waals surface area contributed by atoms with Gasteiger partial charge in [-0.3, -0.25) is 0 Å². The molecule has 0 aromatic heterocycles. The highest BCUT2D eigenvalue weighted by Gasteiger charge is 2.21. The van der Waals surface area contributed by atoms with Crippen molar-refractivity contribution in [1.82, 2.24) is 5.32 Å². The van der Waals surface area contributed by atoms with E-state index in [-0.39, 0.29) is 12.0 Å². The summed E-state index contributed by atoms with van der Waals surface area (Å²) < 4.78 is 5.20. The highest BCUT2D eigenvalue weighted by atomic mass is 16.5. The first-order valence-electron chi connectivity index (χ1n) is 8.26. The molecule has 1 unspecified atom stereocenters. The molecule has 3 nitrogen and oxygen atoms in total. The molecule has 0 bridgehead atoms. The molecule has 1 N–H and O–H groups in total. The van der Waals surface area contributed by atoms with Crippen LogP contribution in [-0.2, 0) is 9.53 Å². The predicted octanol–water partition coefficient (Wildman–Crippen LogP) is 3.85. The van der Waals surface area contributed by atoms with Gasteiger partial charge in [-0.2, -0.15) is 0 Å². The molecule has 1 aliphatic carbocycles. The van der Waals surface area contributed by atoms with E-state index in [1.165, 1.54) is 32.1 Å². The molecule has 116 valence electrons. The lowest BCUT2D eigenvalue weighted by Gasteiger charge is -2.23. The lowest BCUT2D eigenvalue weighted by molar-refractivity contribution is -0.145. The van der Waals surface area contributed by atoms with Crippen molar-refractivity contribution in [2.75, 3.05) is 13.2 Å². The third kappa shape index (κ3) is 5.16. The monoisotopic (exact) mass is 289 g/mol. The Hall–Kier alpha value is -1.35. The minimum atomic E-state index is -0.338. The van der Waals surface area contributed by atoms with Gasteiger partial charge in [0, 0.05) is 0 Å². The molecule has 3 heteroatoms. The molecular weight excluding hydrogens is 262 g/mol. The molecular formula is C18H27NO2. The molecule has 0 spiro atoms. The van der Waals surface area contributed by atoms with Crippen LogP contribution in [0.1, 0.15) is 57.1 Å². The van der Waals surface area contributed by atoms with Gasteiger partial charge in [0.05, 0.1) is 6.61 Å². The van der Waals surface area contributed by atoms with Gasteiger partial charge < -0.3 is 10.1 Å². The number of carbonyl (C=O) groups is 1. The second-order valence-electron chi connectivity index (χ2n) is 5.84. The number of nitrogens with one attached hydrogen (secondary N) is 1. The maximum absolute atomic E-state index is 12.1. The van der Waals surface area contributed by atoms with Gasteiger partial charge in [0.1, 0.15) is 6.04 Å². The lowest BCUT2D eigenvalue weighted by atomic mass is 9.87. The van der Waals surface area contributed by atoms with E-state index < -0.39 is 0 Å². The fourth-order valence-electron chi connectivity index (χ4n) is 3.12. The molecule has 1 fully saturated rings. The average molecular weight is 289 g/mol. The van der Waals surface area contributed by atoms with E-state index in [2.05, 4.69) is 5.32 Å². The summed E-state index contributed by atoms with van der Waals surface area (Å²) in [6.07, 6.45) is 7.96. The van der Waals surface area contributed by atoms with Gasteiger partial charge >= 0.3 is 5.97 Å². The van der Waals surface area contributed by atoms with Gasteiger partial charge in [-0.1, -0.05) is 62.4 Å². The molecule has 1 aromatic rings. The van der Waals surface area contributed by atoms with E-state index in [4.69, 9.17) is 4.74 Å². The summed E-state index contributed by atoms with van der Waals surface area (Å²) in [5.74, 6) is 0.650. The number of hydrogen-bond donors (Lipinski definition) is 1. The molecule has 0 amide bonds. The quantitative estimate of drug-likeness (QED) is 0.775. The highest BCUT2D eigenvalue weighted by Crippen LogP contribution is 2.26. The zero-order chi connectivity index (χ0) is 14.9. The minimum Gasteiger partial charge on any atom is -0.465 e. The van der Waals surface area contributed by atoms with Crippen LogP contribution in [0, 0.1) is 5.92 Å². The first kappa shape index (κ1) is 16.0. The molecule has 1 aliphatic rings. The second-order valence-corrected chi connectivity index (χ2v) is 5.84. The summed E-state index contributed by atoms with van der Waals surface area (Å²) in [6, 6.07) is 9.52. The van der Waals surface area contributed by atoms with Crippen LogP contribution in [-0.4, -0.2) is 19.1 Å². The van der Waals surface area contributed by atoms with Crippen molar-refractivity contribution < 1.29 is 9.53 Å². The second kappa shape index (κ2) is 8.83. The fraction of sp³-hybridized carbons (Fsp3) is 0.611. The fourth-order valence-corrected chi connectivity index (χ4v) is 3.12. The summed E-state index contributed by atoms with van der Waals surface area (Å²) in [5.41, 5.74) is 0.986. The number of carbonyl (C=O) groups excluding carboxylic acids is 1. The van der Waals surface area contributed by atoms with Crippen LogP contribution in [0.5, 0.6) is 0 Å². The maximum atomic E-state index is 12.1. The Morgan fingerprint density at radius 1 is 1.24 bits per heavy atom. The summed E-state index contributed by atoms with van der Waals surface area (Å²) in [5, 5.41) is 3.39. The number of esters is 1. The summed E-state index contributed by atoms with van der Waals surface area (Å²) in [4.78, 5) is 12.1. The summed E-state index contributed by atoms with van der Waals surface area (Å²) in [7, 11) is 0. The highest BCUT2D eigenvalue weighted by molar-refractivity contribution is 5.77. The van der Waals surface area contributed by atoms with Crippen molar-refractivity contribution >= 4 is 5.97 Å².